The Labute approximate surface area is 180 Å². The van der Waals surface area contributed by atoms with Crippen LogP contribution in [0.4, 0.5) is 24.5 Å². The molecule has 3 heterocycles. The highest BCUT2D eigenvalue weighted by Gasteiger charge is 2.30. The van der Waals surface area contributed by atoms with Crippen molar-refractivity contribution in [1.29, 1.82) is 0 Å². The topological polar surface area (TPSA) is 102 Å². The molecule has 4 rings (SSSR count). The Morgan fingerprint density at radius 3 is 2.87 bits per heavy atom. The van der Waals surface area contributed by atoms with E-state index in [2.05, 4.69) is 15.3 Å². The first kappa shape index (κ1) is 21.3. The molecule has 0 radical (unpaired) electrons. The largest absolute Gasteiger partial charge is 0.393 e. The van der Waals surface area contributed by atoms with Crippen molar-refractivity contribution in [2.24, 2.45) is 0 Å². The summed E-state index contributed by atoms with van der Waals surface area (Å²) in [4.78, 5) is 24.4. The zero-order chi connectivity index (χ0) is 22.1. The first-order valence-electron chi connectivity index (χ1n) is 9.68. The first-order chi connectivity index (χ1) is 14.9. The molecule has 0 spiro atoms. The second-order valence-corrected chi connectivity index (χ2v) is 8.35. The van der Waals surface area contributed by atoms with Gasteiger partial charge in [0, 0.05) is 43.5 Å². The Morgan fingerprint density at radius 2 is 2.16 bits per heavy atom. The Morgan fingerprint density at radius 1 is 1.35 bits per heavy atom. The van der Waals surface area contributed by atoms with Gasteiger partial charge in [-0.15, -0.1) is 0 Å². The Hall–Kier alpha value is -2.89. The predicted molar refractivity (Wildman–Crippen MR) is 113 cm³/mol. The molecular weight excluding hydrogens is 428 g/mol. The number of amides is 2. The number of urea groups is 1. The van der Waals surface area contributed by atoms with E-state index in [1.807, 2.05) is 6.92 Å². The lowest BCUT2D eigenvalue weighted by Crippen LogP contribution is -2.55. The number of hydrogen-bond acceptors (Lipinski definition) is 7. The van der Waals surface area contributed by atoms with Gasteiger partial charge in [-0.3, -0.25) is 5.32 Å². The maximum absolute atomic E-state index is 14.6. The molecule has 2 amide bonds. The number of aliphatic hydroxyl groups is 2. The van der Waals surface area contributed by atoms with E-state index in [1.165, 1.54) is 29.7 Å². The number of benzene rings is 1. The molecule has 1 aliphatic heterocycles. The van der Waals surface area contributed by atoms with E-state index in [1.54, 1.807) is 15.9 Å². The summed E-state index contributed by atoms with van der Waals surface area (Å²) >= 11 is 1.26. The molecule has 0 bridgehead atoms. The van der Waals surface area contributed by atoms with Crippen molar-refractivity contribution >= 4 is 38.5 Å². The molecule has 1 unspecified atom stereocenters. The maximum Gasteiger partial charge on any atom is 0.323 e. The quantitative estimate of drug-likeness (QED) is 0.566. The summed E-state index contributed by atoms with van der Waals surface area (Å²) in [6.45, 7) is 2.39. The van der Waals surface area contributed by atoms with Crippen LogP contribution in [0.1, 0.15) is 18.6 Å². The molecule has 8 nitrogen and oxygen atoms in total. The normalized spacial score (nSPS) is 17.8. The van der Waals surface area contributed by atoms with Gasteiger partial charge in [-0.05, 0) is 25.1 Å². The van der Waals surface area contributed by atoms with Crippen LogP contribution in [-0.4, -0.2) is 63.4 Å². The van der Waals surface area contributed by atoms with E-state index in [0.29, 0.717) is 30.3 Å². The minimum atomic E-state index is -1.19. The van der Waals surface area contributed by atoms with Crippen molar-refractivity contribution in [2.75, 3.05) is 36.5 Å². The number of nitrogens with one attached hydrogen (secondary N) is 1. The number of fused-ring (bicyclic) bond motifs is 1. The summed E-state index contributed by atoms with van der Waals surface area (Å²) in [5.41, 5.74) is 0.680. The lowest BCUT2D eigenvalue weighted by Gasteiger charge is -2.40. The molecule has 1 aromatic carbocycles. The van der Waals surface area contributed by atoms with Crippen LogP contribution >= 0.6 is 11.3 Å². The number of aromatic nitrogens is 2. The van der Waals surface area contributed by atoms with Crippen LogP contribution in [0.3, 0.4) is 0 Å². The van der Waals surface area contributed by atoms with Crippen molar-refractivity contribution in [1.82, 2.24) is 14.9 Å². The number of halogens is 2. The summed E-state index contributed by atoms with van der Waals surface area (Å²) in [6, 6.07) is 4.89. The number of nitrogens with zero attached hydrogens (tertiary/aromatic N) is 4. The molecular formula is C20H21F2N5O3S. The SMILES string of the molecule is CC1CN(C(=O)Nc2nc3cc(F)ccc3s2)CCN1c1ncc([C@H](O)CO)cc1F. The van der Waals surface area contributed by atoms with Gasteiger partial charge in [-0.2, -0.15) is 0 Å². The smallest absolute Gasteiger partial charge is 0.323 e. The number of piperazine rings is 1. The maximum atomic E-state index is 14.6. The zero-order valence-electron chi connectivity index (χ0n) is 16.6. The summed E-state index contributed by atoms with van der Waals surface area (Å²) in [5, 5.41) is 21.8. The van der Waals surface area contributed by atoms with Gasteiger partial charge in [0.15, 0.2) is 16.8 Å². The molecule has 0 saturated carbocycles. The number of hydrogen-bond donors (Lipinski definition) is 3. The third-order valence-corrected chi connectivity index (χ3v) is 6.10. The van der Waals surface area contributed by atoms with E-state index < -0.39 is 18.5 Å². The number of aliphatic hydroxyl groups excluding tert-OH is 2. The summed E-state index contributed by atoms with van der Waals surface area (Å²) in [5.74, 6) is -0.855. The third kappa shape index (κ3) is 4.43. The van der Waals surface area contributed by atoms with Gasteiger partial charge in [0.2, 0.25) is 0 Å². The molecule has 11 heteroatoms. The molecule has 1 fully saturated rings. The van der Waals surface area contributed by atoms with Gasteiger partial charge in [-0.25, -0.2) is 23.5 Å². The highest BCUT2D eigenvalue weighted by Crippen LogP contribution is 2.28. The Bertz CT molecular complexity index is 1110. The summed E-state index contributed by atoms with van der Waals surface area (Å²) in [6.07, 6.45) is 0.147. The van der Waals surface area contributed by atoms with Crippen LogP contribution in [0.15, 0.2) is 30.5 Å². The van der Waals surface area contributed by atoms with Gasteiger partial charge >= 0.3 is 6.03 Å². The van der Waals surface area contributed by atoms with E-state index in [-0.39, 0.29) is 29.3 Å². The number of anilines is 2. The molecule has 164 valence electrons. The number of pyridine rings is 1. The standard InChI is InChI=1S/C20H21F2N5O3S/c1-11-9-26(20(30)25-19-24-15-7-13(21)2-3-17(15)31-19)4-5-27(11)18-14(22)6-12(8-23-18)16(29)10-28/h2-3,6-8,11,16,28-29H,4-5,9-10H2,1H3,(H,24,25,30)/t11?,16-/m1/s1. The van der Waals surface area contributed by atoms with Gasteiger partial charge < -0.3 is 20.0 Å². The fourth-order valence-corrected chi connectivity index (χ4v) is 4.36. The Balaban J connectivity index is 1.42. The molecule has 2 aromatic heterocycles. The van der Waals surface area contributed by atoms with Crippen LogP contribution < -0.4 is 10.2 Å². The van der Waals surface area contributed by atoms with Crippen molar-refractivity contribution in [3.63, 3.8) is 0 Å². The third-order valence-electron chi connectivity index (χ3n) is 5.15. The molecule has 31 heavy (non-hydrogen) atoms. The lowest BCUT2D eigenvalue weighted by atomic mass is 10.1. The molecule has 1 aliphatic rings. The fraction of sp³-hybridized carbons (Fsp3) is 0.350. The van der Waals surface area contributed by atoms with Crippen molar-refractivity contribution in [3.05, 3.63) is 47.7 Å². The molecule has 1 saturated heterocycles. The number of rotatable bonds is 4. The van der Waals surface area contributed by atoms with Crippen LogP contribution in [0.5, 0.6) is 0 Å². The van der Waals surface area contributed by atoms with E-state index in [9.17, 15) is 18.7 Å². The lowest BCUT2D eigenvalue weighted by molar-refractivity contribution is 0.0951. The average Bonchev–Trinajstić information content (AvgIpc) is 3.14. The van der Waals surface area contributed by atoms with E-state index in [0.717, 1.165) is 10.8 Å². The van der Waals surface area contributed by atoms with Crippen molar-refractivity contribution in [3.8, 4) is 0 Å². The summed E-state index contributed by atoms with van der Waals surface area (Å²) in [7, 11) is 0. The minimum absolute atomic E-state index is 0.134. The highest BCUT2D eigenvalue weighted by atomic mass is 32.1. The second-order valence-electron chi connectivity index (χ2n) is 7.32. The van der Waals surface area contributed by atoms with Crippen molar-refractivity contribution in [2.45, 2.75) is 19.1 Å². The van der Waals surface area contributed by atoms with Crippen LogP contribution in [0.25, 0.3) is 10.2 Å². The number of thiazole rings is 1. The molecule has 3 N–H and O–H groups in total. The molecule has 2 atom stereocenters. The van der Waals surface area contributed by atoms with Gasteiger partial charge in [0.05, 0.1) is 16.8 Å². The summed E-state index contributed by atoms with van der Waals surface area (Å²) < 4.78 is 28.7. The van der Waals surface area contributed by atoms with E-state index >= 15 is 0 Å². The minimum Gasteiger partial charge on any atom is -0.393 e. The molecule has 0 aliphatic carbocycles. The van der Waals surface area contributed by atoms with E-state index in [4.69, 9.17) is 5.11 Å². The number of carbonyl (C=O) groups is 1. The van der Waals surface area contributed by atoms with Gasteiger partial charge in [0.1, 0.15) is 11.9 Å². The monoisotopic (exact) mass is 449 g/mol. The zero-order valence-corrected chi connectivity index (χ0v) is 17.4. The van der Waals surface area contributed by atoms with Gasteiger partial charge in [0.25, 0.3) is 0 Å². The Kier molecular flexibility index (Phi) is 5.99. The highest BCUT2D eigenvalue weighted by molar-refractivity contribution is 7.22. The van der Waals surface area contributed by atoms with Crippen LogP contribution in [0, 0.1) is 11.6 Å². The fourth-order valence-electron chi connectivity index (χ4n) is 3.53. The first-order valence-corrected chi connectivity index (χ1v) is 10.5. The molecule has 3 aromatic rings. The van der Waals surface area contributed by atoms with Gasteiger partial charge in [-0.1, -0.05) is 11.3 Å². The number of carbonyl (C=O) groups excluding carboxylic acids is 1. The van der Waals surface area contributed by atoms with Crippen LogP contribution in [-0.2, 0) is 0 Å². The van der Waals surface area contributed by atoms with Crippen LogP contribution in [0.2, 0.25) is 0 Å². The van der Waals surface area contributed by atoms with Crippen molar-refractivity contribution < 1.29 is 23.8 Å². The predicted octanol–water partition coefficient (Wildman–Crippen LogP) is 2.74. The average molecular weight is 449 g/mol. The second kappa shape index (κ2) is 8.69.